The van der Waals surface area contributed by atoms with E-state index in [0.29, 0.717) is 6.42 Å². The third-order valence-corrected chi connectivity index (χ3v) is 4.40. The van der Waals surface area contributed by atoms with Gasteiger partial charge in [-0.2, -0.15) is 0 Å². The Hall–Kier alpha value is -1.90. The van der Waals surface area contributed by atoms with E-state index in [0.717, 1.165) is 22.9 Å². The number of aryl methyl sites for hydroxylation is 1. The predicted octanol–water partition coefficient (Wildman–Crippen LogP) is 3.33. The van der Waals surface area contributed by atoms with Gasteiger partial charge in [0.2, 0.25) is 0 Å². The van der Waals surface area contributed by atoms with Crippen molar-refractivity contribution in [1.29, 1.82) is 0 Å². The molecular formula is C18H16O2. The molecule has 0 heterocycles. The highest BCUT2D eigenvalue weighted by molar-refractivity contribution is 6.07. The fraction of sp³-hybridized carbons (Fsp3) is 0.222. The molecule has 1 aliphatic carbocycles. The van der Waals surface area contributed by atoms with Crippen LogP contribution in [0.1, 0.15) is 23.7 Å². The Morgan fingerprint density at radius 2 is 1.65 bits per heavy atom. The van der Waals surface area contributed by atoms with Crippen LogP contribution in [-0.4, -0.2) is 16.3 Å². The maximum Gasteiger partial charge on any atom is 0.105 e. The summed E-state index contributed by atoms with van der Waals surface area (Å²) in [6, 6.07) is 16.8. The van der Waals surface area contributed by atoms with Gasteiger partial charge in [-0.1, -0.05) is 42.5 Å². The summed E-state index contributed by atoms with van der Waals surface area (Å²) in [4.78, 5) is 0. The van der Waals surface area contributed by atoms with Crippen molar-refractivity contribution in [2.24, 2.45) is 0 Å². The van der Waals surface area contributed by atoms with Crippen LogP contribution in [-0.2, 0) is 6.42 Å². The topological polar surface area (TPSA) is 40.5 Å². The van der Waals surface area contributed by atoms with Gasteiger partial charge in [-0.3, -0.25) is 0 Å². The van der Waals surface area contributed by atoms with Gasteiger partial charge in [-0.15, -0.1) is 0 Å². The zero-order valence-electron chi connectivity index (χ0n) is 11.1. The summed E-state index contributed by atoms with van der Waals surface area (Å²) in [5, 5.41) is 24.8. The molecule has 2 atom stereocenters. The lowest BCUT2D eigenvalue weighted by Crippen LogP contribution is -2.24. The average molecular weight is 264 g/mol. The molecule has 3 aromatic rings. The average Bonchev–Trinajstić information content (AvgIpc) is 2.50. The van der Waals surface area contributed by atoms with E-state index in [1.165, 1.54) is 16.2 Å². The summed E-state index contributed by atoms with van der Waals surface area (Å²) in [6.07, 6.45) is 0.0620. The Morgan fingerprint density at radius 3 is 2.55 bits per heavy atom. The molecule has 1 aliphatic rings. The first kappa shape index (κ1) is 11.9. The van der Waals surface area contributed by atoms with Crippen LogP contribution in [0, 0.1) is 0 Å². The Kier molecular flexibility index (Phi) is 2.56. The van der Waals surface area contributed by atoms with Crippen LogP contribution in [0.5, 0.6) is 0 Å². The number of rotatable bonds is 0. The van der Waals surface area contributed by atoms with Crippen LogP contribution in [0.3, 0.4) is 0 Å². The Labute approximate surface area is 117 Å². The summed E-state index contributed by atoms with van der Waals surface area (Å²) in [5.41, 5.74) is 2.04. The van der Waals surface area contributed by atoms with Crippen molar-refractivity contribution in [2.75, 3.05) is 0 Å². The first-order chi connectivity index (χ1) is 9.74. The number of aliphatic hydroxyl groups is 2. The van der Waals surface area contributed by atoms with Gasteiger partial charge >= 0.3 is 0 Å². The Balaban J connectivity index is 2.05. The standard InChI is InChI=1S/C18H16O2/c19-17-8-7-13-9-15-12(10-16(13)18(17)20)6-5-11-3-1-2-4-14(11)15/h1-6,9-10,17-20H,7-8H2/t17-,18+/m0/s1. The van der Waals surface area contributed by atoms with Crippen LogP contribution < -0.4 is 0 Å². The second-order valence-corrected chi connectivity index (χ2v) is 5.61. The summed E-state index contributed by atoms with van der Waals surface area (Å²) in [6.45, 7) is 0. The van der Waals surface area contributed by atoms with Gasteiger partial charge in [0.1, 0.15) is 6.10 Å². The van der Waals surface area contributed by atoms with Crippen LogP contribution >= 0.6 is 0 Å². The zero-order valence-corrected chi connectivity index (χ0v) is 11.1. The number of fused-ring (bicyclic) bond motifs is 4. The smallest absolute Gasteiger partial charge is 0.105 e. The van der Waals surface area contributed by atoms with Crippen molar-refractivity contribution in [3.8, 4) is 0 Å². The highest BCUT2D eigenvalue weighted by atomic mass is 16.3. The molecule has 2 nitrogen and oxygen atoms in total. The molecule has 0 fully saturated rings. The molecule has 0 unspecified atom stereocenters. The second kappa shape index (κ2) is 4.30. The number of hydrogen-bond donors (Lipinski definition) is 2. The van der Waals surface area contributed by atoms with Crippen LogP contribution in [0.2, 0.25) is 0 Å². The molecule has 0 aromatic heterocycles. The lowest BCUT2D eigenvalue weighted by molar-refractivity contribution is 0.00660. The fourth-order valence-electron chi connectivity index (χ4n) is 3.28. The number of hydrogen-bond acceptors (Lipinski definition) is 2. The van der Waals surface area contributed by atoms with Gasteiger partial charge in [0.15, 0.2) is 0 Å². The van der Waals surface area contributed by atoms with E-state index in [2.05, 4.69) is 36.4 Å². The predicted molar refractivity (Wildman–Crippen MR) is 80.7 cm³/mol. The molecule has 2 N–H and O–H groups in total. The molecule has 0 saturated heterocycles. The van der Waals surface area contributed by atoms with E-state index in [-0.39, 0.29) is 0 Å². The monoisotopic (exact) mass is 264 g/mol. The van der Waals surface area contributed by atoms with Crippen LogP contribution in [0.25, 0.3) is 21.5 Å². The zero-order chi connectivity index (χ0) is 13.7. The summed E-state index contributed by atoms with van der Waals surface area (Å²) in [7, 11) is 0. The highest BCUT2D eigenvalue weighted by Crippen LogP contribution is 2.35. The fourth-order valence-corrected chi connectivity index (χ4v) is 3.28. The summed E-state index contributed by atoms with van der Waals surface area (Å²) < 4.78 is 0. The quantitative estimate of drug-likeness (QED) is 0.611. The van der Waals surface area contributed by atoms with Crippen molar-refractivity contribution < 1.29 is 10.2 Å². The molecule has 0 saturated carbocycles. The van der Waals surface area contributed by atoms with E-state index < -0.39 is 12.2 Å². The highest BCUT2D eigenvalue weighted by Gasteiger charge is 2.26. The van der Waals surface area contributed by atoms with E-state index in [1.54, 1.807) is 0 Å². The van der Waals surface area contributed by atoms with Crippen LogP contribution in [0.15, 0.2) is 48.5 Å². The minimum absolute atomic E-state index is 0.629. The molecule has 100 valence electrons. The normalized spacial score (nSPS) is 22.1. The molecular weight excluding hydrogens is 248 g/mol. The van der Waals surface area contributed by atoms with Crippen molar-refractivity contribution in [3.05, 3.63) is 59.7 Å². The summed E-state index contributed by atoms with van der Waals surface area (Å²) in [5.74, 6) is 0. The van der Waals surface area contributed by atoms with Gasteiger partial charge in [-0.25, -0.2) is 0 Å². The van der Waals surface area contributed by atoms with Gasteiger partial charge in [0, 0.05) is 0 Å². The molecule has 0 aliphatic heterocycles. The molecule has 4 rings (SSSR count). The Morgan fingerprint density at radius 1 is 0.850 bits per heavy atom. The van der Waals surface area contributed by atoms with Gasteiger partial charge in [0.05, 0.1) is 6.10 Å². The number of benzene rings is 3. The maximum atomic E-state index is 10.2. The van der Waals surface area contributed by atoms with Crippen molar-refractivity contribution in [1.82, 2.24) is 0 Å². The van der Waals surface area contributed by atoms with E-state index in [1.807, 2.05) is 12.1 Å². The van der Waals surface area contributed by atoms with Gasteiger partial charge in [-0.05, 0) is 51.6 Å². The first-order valence-corrected chi connectivity index (χ1v) is 7.04. The maximum absolute atomic E-state index is 10.2. The lowest BCUT2D eigenvalue weighted by Gasteiger charge is -2.27. The van der Waals surface area contributed by atoms with Gasteiger partial charge in [0.25, 0.3) is 0 Å². The van der Waals surface area contributed by atoms with Crippen LogP contribution in [0.4, 0.5) is 0 Å². The largest absolute Gasteiger partial charge is 0.390 e. The van der Waals surface area contributed by atoms with Gasteiger partial charge < -0.3 is 10.2 Å². The third kappa shape index (κ3) is 1.65. The molecule has 0 spiro atoms. The lowest BCUT2D eigenvalue weighted by atomic mass is 9.85. The SMILES string of the molecule is O[C@@H]1c2cc3ccc4ccccc4c3cc2CC[C@@H]1O. The molecule has 20 heavy (non-hydrogen) atoms. The van der Waals surface area contributed by atoms with E-state index >= 15 is 0 Å². The second-order valence-electron chi connectivity index (χ2n) is 5.61. The minimum Gasteiger partial charge on any atom is -0.390 e. The third-order valence-electron chi connectivity index (χ3n) is 4.40. The first-order valence-electron chi connectivity index (χ1n) is 7.04. The van der Waals surface area contributed by atoms with Crippen molar-refractivity contribution >= 4 is 21.5 Å². The minimum atomic E-state index is -0.755. The van der Waals surface area contributed by atoms with Crippen molar-refractivity contribution in [2.45, 2.75) is 25.0 Å². The Bertz CT molecular complexity index is 807. The summed E-state index contributed by atoms with van der Waals surface area (Å²) >= 11 is 0. The van der Waals surface area contributed by atoms with E-state index in [4.69, 9.17) is 0 Å². The molecule has 0 radical (unpaired) electrons. The molecule has 0 bridgehead atoms. The molecule has 3 aromatic carbocycles. The van der Waals surface area contributed by atoms with E-state index in [9.17, 15) is 10.2 Å². The number of aliphatic hydroxyl groups excluding tert-OH is 2. The molecule has 0 amide bonds. The van der Waals surface area contributed by atoms with Crippen molar-refractivity contribution in [3.63, 3.8) is 0 Å². The molecule has 2 heteroatoms.